The van der Waals surface area contributed by atoms with Crippen LogP contribution in [0.5, 0.6) is 0 Å². The monoisotopic (exact) mass is 802 g/mol. The molecule has 0 aliphatic heterocycles. The minimum atomic E-state index is -0.0766. The molecule has 2 heteroatoms. The maximum absolute atomic E-state index is 5.39. The van der Waals surface area contributed by atoms with E-state index in [4.69, 9.17) is 9.97 Å². The van der Waals surface area contributed by atoms with Gasteiger partial charge in [0.05, 0.1) is 11.4 Å². The number of hydrogen-bond acceptors (Lipinski definition) is 2. The predicted octanol–water partition coefficient (Wildman–Crippen LogP) is 16.2. The maximum atomic E-state index is 5.39. The summed E-state index contributed by atoms with van der Waals surface area (Å²) in [7, 11) is 0. The van der Waals surface area contributed by atoms with Gasteiger partial charge in [0, 0.05) is 22.1 Å². The van der Waals surface area contributed by atoms with Gasteiger partial charge in [-0.3, -0.25) is 0 Å². The Hall–Kier alpha value is -7.94. The molecule has 0 radical (unpaired) electrons. The van der Waals surface area contributed by atoms with Crippen molar-refractivity contribution in [3.05, 3.63) is 230 Å². The number of hydrogen-bond donors (Lipinski definition) is 0. The molecular weight excluding hydrogens is 761 g/mol. The highest BCUT2D eigenvalue weighted by atomic mass is 14.9. The van der Waals surface area contributed by atoms with Crippen molar-refractivity contribution in [3.63, 3.8) is 0 Å². The lowest BCUT2D eigenvalue weighted by Gasteiger charge is -2.21. The van der Waals surface area contributed by atoms with Crippen molar-refractivity contribution in [1.29, 1.82) is 0 Å². The molecule has 0 amide bonds. The molecule has 2 nitrogen and oxygen atoms in total. The fraction of sp³-hybridized carbons (Fsp3) is 0.0492. The maximum Gasteiger partial charge on any atom is 0.160 e. The number of rotatable bonds is 6. The lowest BCUT2D eigenvalue weighted by molar-refractivity contribution is 0.660. The largest absolute Gasteiger partial charge is 0.228 e. The molecule has 12 rings (SSSR count). The minimum absolute atomic E-state index is 0.0766. The highest BCUT2D eigenvalue weighted by Gasteiger charge is 2.36. The van der Waals surface area contributed by atoms with Gasteiger partial charge in [-0.15, -0.1) is 0 Å². The van der Waals surface area contributed by atoms with E-state index < -0.39 is 0 Å². The van der Waals surface area contributed by atoms with Gasteiger partial charge >= 0.3 is 0 Å². The lowest BCUT2D eigenvalue weighted by atomic mass is 9.82. The van der Waals surface area contributed by atoms with Crippen LogP contribution in [0.15, 0.2) is 218 Å². The molecule has 0 saturated heterocycles. The summed E-state index contributed by atoms with van der Waals surface area (Å²) in [6.07, 6.45) is 0. The summed E-state index contributed by atoms with van der Waals surface area (Å²) in [5, 5.41) is 7.49. The molecule has 63 heavy (non-hydrogen) atoms. The first-order valence-corrected chi connectivity index (χ1v) is 21.8. The van der Waals surface area contributed by atoms with E-state index in [0.29, 0.717) is 5.82 Å². The van der Waals surface area contributed by atoms with Crippen molar-refractivity contribution in [3.8, 4) is 78.4 Å². The Balaban J connectivity index is 1.02. The first-order chi connectivity index (χ1) is 31.0. The first-order valence-electron chi connectivity index (χ1n) is 21.8. The molecule has 0 N–H and O–H groups in total. The molecule has 1 aliphatic carbocycles. The molecule has 10 aromatic carbocycles. The third-order valence-corrected chi connectivity index (χ3v) is 13.3. The molecule has 0 bridgehead atoms. The zero-order valence-corrected chi connectivity index (χ0v) is 35.2. The van der Waals surface area contributed by atoms with Gasteiger partial charge < -0.3 is 0 Å². The molecule has 1 heterocycles. The molecule has 296 valence electrons. The van der Waals surface area contributed by atoms with Crippen LogP contribution in [0.2, 0.25) is 0 Å². The van der Waals surface area contributed by atoms with Crippen LogP contribution in [0.25, 0.3) is 111 Å². The van der Waals surface area contributed by atoms with Crippen molar-refractivity contribution in [1.82, 2.24) is 9.97 Å². The Morgan fingerprint density at radius 3 is 1.75 bits per heavy atom. The molecule has 0 unspecified atom stereocenters. The smallest absolute Gasteiger partial charge is 0.160 e. The van der Waals surface area contributed by atoms with E-state index in [-0.39, 0.29) is 5.41 Å². The average Bonchev–Trinajstić information content (AvgIpc) is 3.59. The van der Waals surface area contributed by atoms with E-state index in [1.54, 1.807) is 0 Å². The third kappa shape index (κ3) is 6.09. The molecule has 0 saturated carbocycles. The van der Waals surface area contributed by atoms with Crippen LogP contribution in [0.1, 0.15) is 25.0 Å². The summed E-state index contributed by atoms with van der Waals surface area (Å²) >= 11 is 0. The summed E-state index contributed by atoms with van der Waals surface area (Å²) < 4.78 is 0. The quantitative estimate of drug-likeness (QED) is 0.124. The third-order valence-electron chi connectivity index (χ3n) is 13.3. The van der Waals surface area contributed by atoms with Crippen LogP contribution >= 0.6 is 0 Å². The molecule has 0 atom stereocenters. The second-order valence-electron chi connectivity index (χ2n) is 17.3. The first kappa shape index (κ1) is 36.9. The lowest BCUT2D eigenvalue weighted by Crippen LogP contribution is -2.14. The summed E-state index contributed by atoms with van der Waals surface area (Å²) in [4.78, 5) is 10.8. The van der Waals surface area contributed by atoms with Gasteiger partial charge in [0.2, 0.25) is 0 Å². The van der Waals surface area contributed by atoms with Gasteiger partial charge in [-0.1, -0.05) is 214 Å². The Labute approximate surface area is 367 Å². The van der Waals surface area contributed by atoms with Crippen molar-refractivity contribution in [2.75, 3.05) is 0 Å². The Morgan fingerprint density at radius 2 is 0.905 bits per heavy atom. The molecule has 0 fully saturated rings. The van der Waals surface area contributed by atoms with E-state index in [0.717, 1.165) is 44.8 Å². The molecular formula is C61H42N2. The van der Waals surface area contributed by atoms with Crippen LogP contribution in [0.4, 0.5) is 0 Å². The van der Waals surface area contributed by atoms with Crippen molar-refractivity contribution < 1.29 is 0 Å². The predicted molar refractivity (Wildman–Crippen MR) is 265 cm³/mol. The Morgan fingerprint density at radius 1 is 0.302 bits per heavy atom. The summed E-state index contributed by atoms with van der Waals surface area (Å²) in [5.74, 6) is 0.687. The van der Waals surface area contributed by atoms with Gasteiger partial charge in [0.25, 0.3) is 0 Å². The summed E-state index contributed by atoms with van der Waals surface area (Å²) in [6, 6.07) is 79.1. The van der Waals surface area contributed by atoms with E-state index in [2.05, 4.69) is 232 Å². The molecule has 11 aromatic rings. The van der Waals surface area contributed by atoms with Crippen LogP contribution in [0.3, 0.4) is 0 Å². The Kier molecular flexibility index (Phi) is 8.55. The second-order valence-corrected chi connectivity index (χ2v) is 17.3. The highest BCUT2D eigenvalue weighted by Crippen LogP contribution is 2.52. The van der Waals surface area contributed by atoms with Crippen molar-refractivity contribution in [2.45, 2.75) is 19.3 Å². The standard InChI is InChI=1S/C61H42N2/c1-61(2)54-28-13-12-26-52(54)59-49(27-15-29-55(59)61)43-20-14-21-45(36-43)56-38-57(50-25-11-10-22-46(50)39-16-4-3-5-17-39)63-60(62-56)42-32-30-41(31-33-42)58-48-24-9-7-19-44(48)37-53-47-23-8-6-18-40(47)34-35-51(53)58/h3-38H,1-2H3. The van der Waals surface area contributed by atoms with Gasteiger partial charge in [0.1, 0.15) is 0 Å². The zero-order chi connectivity index (χ0) is 42.1. The Bertz CT molecular complexity index is 3580. The fourth-order valence-electron chi connectivity index (χ4n) is 10.2. The normalized spacial score (nSPS) is 12.7. The van der Waals surface area contributed by atoms with Gasteiger partial charge in [-0.05, 0) is 106 Å². The second kappa shape index (κ2) is 14.6. The minimum Gasteiger partial charge on any atom is -0.228 e. The fourth-order valence-corrected chi connectivity index (χ4v) is 10.2. The summed E-state index contributed by atoms with van der Waals surface area (Å²) in [6.45, 7) is 4.68. The molecule has 1 aliphatic rings. The van der Waals surface area contributed by atoms with Gasteiger partial charge in [-0.25, -0.2) is 9.97 Å². The van der Waals surface area contributed by atoms with E-state index in [1.807, 2.05) is 0 Å². The van der Waals surface area contributed by atoms with E-state index >= 15 is 0 Å². The number of aromatic nitrogens is 2. The van der Waals surface area contributed by atoms with E-state index in [9.17, 15) is 0 Å². The van der Waals surface area contributed by atoms with Crippen molar-refractivity contribution in [2.24, 2.45) is 0 Å². The van der Waals surface area contributed by atoms with E-state index in [1.165, 1.54) is 71.3 Å². The average molecular weight is 803 g/mol. The number of nitrogens with zero attached hydrogens (tertiary/aromatic N) is 2. The SMILES string of the molecule is CC1(C)c2ccccc2-c2c(-c3cccc(-c4cc(-c5ccccc5-c5ccccc5)nc(-c5ccc(-c6c7ccccc7cc7c6ccc6ccccc67)cc5)n4)c3)cccc21. The van der Waals surface area contributed by atoms with Gasteiger partial charge in [-0.2, -0.15) is 0 Å². The van der Waals surface area contributed by atoms with Crippen LogP contribution in [0, 0.1) is 0 Å². The molecule has 1 aromatic heterocycles. The highest BCUT2D eigenvalue weighted by molar-refractivity contribution is 6.20. The van der Waals surface area contributed by atoms with Crippen LogP contribution in [-0.2, 0) is 5.41 Å². The van der Waals surface area contributed by atoms with Crippen LogP contribution < -0.4 is 0 Å². The number of benzene rings is 10. The summed E-state index contributed by atoms with van der Waals surface area (Å²) in [5.41, 5.74) is 17.2. The van der Waals surface area contributed by atoms with Gasteiger partial charge in [0.15, 0.2) is 5.82 Å². The van der Waals surface area contributed by atoms with Crippen LogP contribution in [-0.4, -0.2) is 9.97 Å². The molecule has 0 spiro atoms. The van der Waals surface area contributed by atoms with Crippen molar-refractivity contribution >= 4 is 32.3 Å². The zero-order valence-electron chi connectivity index (χ0n) is 35.2. The number of fused-ring (bicyclic) bond motifs is 7. The topological polar surface area (TPSA) is 25.8 Å².